The molecule has 8 aromatic rings. The van der Waals surface area contributed by atoms with E-state index in [4.69, 9.17) is 29.3 Å². The highest BCUT2D eigenvalue weighted by Crippen LogP contribution is 2.59. The lowest BCUT2D eigenvalue weighted by Crippen LogP contribution is -2.32. The number of methoxy groups -OCH3 is 2. The summed E-state index contributed by atoms with van der Waals surface area (Å²) in [5.74, 6) is -0.373. The summed E-state index contributed by atoms with van der Waals surface area (Å²) in [5.41, 5.74) is 10.4. The molecule has 0 unspecified atom stereocenters. The third-order valence-electron chi connectivity index (χ3n) is 12.0. The largest absolute Gasteiger partial charge is 0.550 e. The minimum atomic E-state index is -1.90. The molecule has 8 aromatic carbocycles. The number of ether oxygens (including phenoxy) is 2. The van der Waals surface area contributed by atoms with Gasteiger partial charge in [-0.15, -0.1) is 0 Å². The summed E-state index contributed by atoms with van der Waals surface area (Å²) in [7, 11) is -0.359. The highest BCUT2D eigenvalue weighted by molar-refractivity contribution is 7.95. The predicted molar refractivity (Wildman–Crippen MR) is 293 cm³/mol. The van der Waals surface area contributed by atoms with Crippen LogP contribution in [0.2, 0.25) is 0 Å². The van der Waals surface area contributed by atoms with E-state index >= 15 is 0 Å². The Kier molecular flexibility index (Phi) is 19.8. The molecule has 0 radical (unpaired) electrons. The van der Waals surface area contributed by atoms with Gasteiger partial charge in [-0.2, -0.15) is 0 Å². The van der Waals surface area contributed by atoms with Crippen LogP contribution in [0.4, 0.5) is 0 Å². The van der Waals surface area contributed by atoms with Crippen LogP contribution < -0.4 is 51.5 Å². The minimum absolute atomic E-state index is 0.897. The molecule has 6 nitrogen and oxygen atoms in total. The fourth-order valence-electron chi connectivity index (χ4n) is 8.25. The first-order valence-electron chi connectivity index (χ1n) is 23.3. The third-order valence-corrected chi connectivity index (χ3v) is 20.8. The molecule has 0 N–H and O–H groups in total. The van der Waals surface area contributed by atoms with Crippen LogP contribution in [0.5, 0.6) is 11.5 Å². The van der Waals surface area contributed by atoms with E-state index in [9.17, 15) is 0 Å². The Morgan fingerprint density at radius 2 is 0.486 bits per heavy atom. The van der Waals surface area contributed by atoms with Crippen molar-refractivity contribution >= 4 is 58.3 Å². The molecule has 70 heavy (non-hydrogen) atoms. The average molecular weight is 969 g/mol. The van der Waals surface area contributed by atoms with Gasteiger partial charge >= 0.3 is 0 Å². The van der Waals surface area contributed by atoms with Crippen molar-refractivity contribution in [3.8, 4) is 11.5 Å². The molecule has 0 amide bonds. The van der Waals surface area contributed by atoms with E-state index in [1.807, 2.05) is 0 Å². The molecule has 0 fully saturated rings. The standard InChI is InChI=1S/2C29H30OP.2C2H4O2/c2*1-22-5-15-27(16-6-22)31(28-17-7-23(2)8-18-28,29-19-9-24(3)10-20-29)21-25-11-13-26(30-4)14-12-25;2*1-2(3)4/h2*5-20H,21H2,1-4H3;2*1H3,(H,3,4)/q2*+1;;/p-2. The van der Waals surface area contributed by atoms with Crippen molar-refractivity contribution in [1.29, 1.82) is 0 Å². The second-order valence-electron chi connectivity index (χ2n) is 17.6. The van der Waals surface area contributed by atoms with Crippen molar-refractivity contribution in [3.63, 3.8) is 0 Å². The molecule has 0 saturated carbocycles. The number of aryl methyl sites for hydroxylation is 6. The van der Waals surface area contributed by atoms with Gasteiger partial charge in [0.05, 0.1) is 26.5 Å². The quantitative estimate of drug-likeness (QED) is 0.113. The van der Waals surface area contributed by atoms with Crippen LogP contribution >= 0.6 is 14.5 Å². The minimum Gasteiger partial charge on any atom is -0.550 e. The van der Waals surface area contributed by atoms with Crippen molar-refractivity contribution in [2.75, 3.05) is 14.2 Å². The zero-order valence-electron chi connectivity index (χ0n) is 42.2. The van der Waals surface area contributed by atoms with Gasteiger partial charge in [0, 0.05) is 11.9 Å². The van der Waals surface area contributed by atoms with Crippen molar-refractivity contribution in [2.45, 2.75) is 67.7 Å². The number of carboxylic acids is 2. The van der Waals surface area contributed by atoms with Gasteiger partial charge in [-0.1, -0.05) is 130 Å². The topological polar surface area (TPSA) is 98.7 Å². The molecule has 8 heteroatoms. The zero-order chi connectivity index (χ0) is 50.8. The first-order valence-corrected chi connectivity index (χ1v) is 27.2. The number of rotatable bonds is 12. The van der Waals surface area contributed by atoms with Crippen LogP contribution in [0.3, 0.4) is 0 Å². The van der Waals surface area contributed by atoms with E-state index in [1.165, 1.54) is 76.3 Å². The maximum Gasteiger partial charge on any atom is 0.118 e. The fraction of sp³-hybridized carbons (Fsp3) is 0.194. The second-order valence-corrected chi connectivity index (χ2v) is 24.6. The maximum atomic E-state index is 8.89. The summed E-state index contributed by atoms with van der Waals surface area (Å²) in [5, 5.41) is 26.3. The first-order chi connectivity index (χ1) is 33.5. The maximum absolute atomic E-state index is 8.89. The summed E-state index contributed by atoms with van der Waals surface area (Å²) >= 11 is 0. The van der Waals surface area contributed by atoms with Crippen molar-refractivity contribution in [1.82, 2.24) is 0 Å². The molecule has 0 aliphatic rings. The predicted octanol–water partition coefficient (Wildman–Crippen LogP) is 9.74. The molecule has 0 heterocycles. The Morgan fingerprint density at radius 3 is 0.629 bits per heavy atom. The van der Waals surface area contributed by atoms with Gasteiger partial charge in [-0.25, -0.2) is 0 Å². The number of carboxylic acid groups (broad SMARTS) is 2. The third kappa shape index (κ3) is 14.6. The summed E-state index contributed by atoms with van der Waals surface area (Å²) in [4.78, 5) is 17.8. The van der Waals surface area contributed by atoms with E-state index in [0.29, 0.717) is 0 Å². The lowest BCUT2D eigenvalue weighted by Gasteiger charge is -2.28. The highest BCUT2D eigenvalue weighted by atomic mass is 31.2. The summed E-state index contributed by atoms with van der Waals surface area (Å²) in [6.45, 7) is 14.9. The Labute approximate surface area is 417 Å². The average Bonchev–Trinajstić information content (AvgIpc) is 3.34. The summed E-state index contributed by atoms with van der Waals surface area (Å²) < 4.78 is 10.8. The molecule has 0 bridgehead atoms. The molecule has 360 valence electrons. The molecular formula is C62H66O6P2. The van der Waals surface area contributed by atoms with E-state index in [1.54, 1.807) is 14.2 Å². The number of hydrogen-bond donors (Lipinski definition) is 0. The molecule has 0 aliphatic heterocycles. The van der Waals surface area contributed by atoms with Gasteiger partial charge < -0.3 is 29.3 Å². The molecule has 0 atom stereocenters. The van der Waals surface area contributed by atoms with Crippen molar-refractivity contribution in [3.05, 3.63) is 239 Å². The number of carbonyl (C=O) groups is 2. The van der Waals surface area contributed by atoms with Gasteiger partial charge in [0.1, 0.15) is 57.9 Å². The Hall–Kier alpha value is -6.84. The lowest BCUT2D eigenvalue weighted by atomic mass is 10.2. The van der Waals surface area contributed by atoms with Crippen LogP contribution in [0, 0.1) is 41.5 Å². The number of aliphatic carboxylic acids is 2. The number of carbonyl (C=O) groups excluding carboxylic acids is 2. The SMILES string of the molecule is CC(=O)[O-].CC(=O)[O-].COc1ccc(C[P+](c2ccc(C)cc2)(c2ccc(C)cc2)c2ccc(C)cc2)cc1.COc1ccc(C[P+](c2ccc(C)cc2)(c2ccc(C)cc2)c2ccc(C)cc2)cc1. The highest BCUT2D eigenvalue weighted by Gasteiger charge is 2.47. The van der Waals surface area contributed by atoms with Crippen LogP contribution in [0.15, 0.2) is 194 Å². The monoisotopic (exact) mass is 968 g/mol. The number of hydrogen-bond acceptors (Lipinski definition) is 6. The molecular weight excluding hydrogens is 903 g/mol. The van der Waals surface area contributed by atoms with Crippen LogP contribution in [-0.4, -0.2) is 26.2 Å². The Balaban J connectivity index is 0.000000226. The van der Waals surface area contributed by atoms with Crippen molar-refractivity contribution < 1.29 is 29.3 Å². The number of benzene rings is 8. The summed E-state index contributed by atoms with van der Waals surface area (Å²) in [6.07, 6.45) is 1.96. The van der Waals surface area contributed by atoms with Gasteiger partial charge in [0.15, 0.2) is 0 Å². The first kappa shape index (κ1) is 54.1. The fourth-order valence-corrected chi connectivity index (χ4v) is 16.6. The van der Waals surface area contributed by atoms with Crippen LogP contribution in [0.1, 0.15) is 58.4 Å². The van der Waals surface area contributed by atoms with E-state index in [2.05, 4.69) is 236 Å². The van der Waals surface area contributed by atoms with Gasteiger partial charge in [0.2, 0.25) is 0 Å². The van der Waals surface area contributed by atoms with E-state index < -0.39 is 26.5 Å². The van der Waals surface area contributed by atoms with Crippen LogP contribution in [0.25, 0.3) is 0 Å². The molecule has 0 saturated heterocycles. The van der Waals surface area contributed by atoms with Gasteiger partial charge in [-0.05, 0) is 164 Å². The van der Waals surface area contributed by atoms with Crippen LogP contribution in [-0.2, 0) is 21.9 Å². The van der Waals surface area contributed by atoms with E-state index in [-0.39, 0.29) is 0 Å². The normalized spacial score (nSPS) is 10.8. The van der Waals surface area contributed by atoms with Gasteiger partial charge in [-0.3, -0.25) is 0 Å². The molecule has 8 rings (SSSR count). The lowest BCUT2D eigenvalue weighted by molar-refractivity contribution is -0.303. The van der Waals surface area contributed by atoms with Crippen molar-refractivity contribution in [2.24, 2.45) is 0 Å². The van der Waals surface area contributed by atoms with E-state index in [0.717, 1.165) is 37.7 Å². The smallest absolute Gasteiger partial charge is 0.118 e. The van der Waals surface area contributed by atoms with Gasteiger partial charge in [0.25, 0.3) is 0 Å². The zero-order valence-corrected chi connectivity index (χ0v) is 44.0. The molecule has 0 aromatic heterocycles. The molecule has 0 spiro atoms. The second kappa shape index (κ2) is 25.7. The molecule has 0 aliphatic carbocycles. The summed E-state index contributed by atoms with van der Waals surface area (Å²) in [6, 6.07) is 72.2. The Morgan fingerprint density at radius 1 is 0.329 bits per heavy atom. The Bertz CT molecular complexity index is 2430.